The number of aliphatic carboxylic acids is 1. The SMILES string of the molecule is COC(=O)c1ccc(CSCCC(NC=O)C(=O)O)nc1. The molecule has 1 atom stereocenters. The number of carboxylic acids is 1. The molecule has 8 heteroatoms. The predicted molar refractivity (Wildman–Crippen MR) is 77.0 cm³/mol. The van der Waals surface area contributed by atoms with Gasteiger partial charge in [0, 0.05) is 11.9 Å². The number of thioether (sulfide) groups is 1. The molecule has 21 heavy (non-hydrogen) atoms. The third kappa shape index (κ3) is 5.82. The fourth-order valence-corrected chi connectivity index (χ4v) is 2.41. The van der Waals surface area contributed by atoms with Gasteiger partial charge in [0.25, 0.3) is 0 Å². The Morgan fingerprint density at radius 1 is 1.52 bits per heavy atom. The number of methoxy groups -OCH3 is 1. The van der Waals surface area contributed by atoms with E-state index in [2.05, 4.69) is 15.0 Å². The molecular weight excluding hydrogens is 296 g/mol. The Morgan fingerprint density at radius 2 is 2.29 bits per heavy atom. The minimum absolute atomic E-state index is 0.332. The lowest BCUT2D eigenvalue weighted by Crippen LogP contribution is -2.36. The van der Waals surface area contributed by atoms with Crippen LogP contribution in [0.1, 0.15) is 22.5 Å². The molecule has 1 aromatic heterocycles. The number of rotatable bonds is 9. The molecule has 1 unspecified atom stereocenters. The first kappa shape index (κ1) is 17.0. The lowest BCUT2D eigenvalue weighted by atomic mass is 10.2. The maximum atomic E-state index is 11.2. The van der Waals surface area contributed by atoms with E-state index in [4.69, 9.17) is 5.11 Å². The molecule has 1 rings (SSSR count). The molecule has 0 fully saturated rings. The molecular formula is C13H16N2O5S. The van der Waals surface area contributed by atoms with E-state index in [1.54, 1.807) is 12.1 Å². The van der Waals surface area contributed by atoms with Crippen LogP contribution in [0.2, 0.25) is 0 Å². The zero-order valence-electron chi connectivity index (χ0n) is 11.4. The molecule has 0 bridgehead atoms. The molecule has 0 aliphatic carbocycles. The molecule has 1 amide bonds. The number of carboxylic acid groups (broad SMARTS) is 1. The Labute approximate surface area is 126 Å². The Morgan fingerprint density at radius 3 is 2.81 bits per heavy atom. The zero-order chi connectivity index (χ0) is 15.7. The molecule has 0 saturated heterocycles. The standard InChI is InChI=1S/C13H16N2O5S/c1-20-13(19)9-2-3-10(14-6-9)7-21-5-4-11(12(17)18)15-8-16/h2-3,6,8,11H,4-5,7H2,1H3,(H,15,16)(H,17,18). The Hall–Kier alpha value is -2.09. The van der Waals surface area contributed by atoms with Crippen molar-refractivity contribution in [3.8, 4) is 0 Å². The fraction of sp³-hybridized carbons (Fsp3) is 0.385. The van der Waals surface area contributed by atoms with Crippen molar-refractivity contribution in [3.63, 3.8) is 0 Å². The van der Waals surface area contributed by atoms with E-state index in [9.17, 15) is 14.4 Å². The van der Waals surface area contributed by atoms with Crippen molar-refractivity contribution in [2.24, 2.45) is 0 Å². The minimum atomic E-state index is -1.05. The van der Waals surface area contributed by atoms with Gasteiger partial charge in [0.1, 0.15) is 6.04 Å². The topological polar surface area (TPSA) is 106 Å². The molecule has 0 aromatic carbocycles. The number of amides is 1. The second kappa shape index (κ2) is 8.96. The van der Waals surface area contributed by atoms with Crippen LogP contribution in [0.3, 0.4) is 0 Å². The van der Waals surface area contributed by atoms with E-state index < -0.39 is 18.0 Å². The summed E-state index contributed by atoms with van der Waals surface area (Å²) in [4.78, 5) is 36.4. The van der Waals surface area contributed by atoms with Crippen LogP contribution in [0, 0.1) is 0 Å². The maximum Gasteiger partial charge on any atom is 0.339 e. The van der Waals surface area contributed by atoms with E-state index in [0.29, 0.717) is 29.9 Å². The van der Waals surface area contributed by atoms with Crippen LogP contribution in [-0.4, -0.2) is 47.3 Å². The van der Waals surface area contributed by atoms with E-state index in [1.165, 1.54) is 25.1 Å². The second-order valence-electron chi connectivity index (χ2n) is 4.05. The van der Waals surface area contributed by atoms with Crippen molar-refractivity contribution in [2.75, 3.05) is 12.9 Å². The van der Waals surface area contributed by atoms with Crippen LogP contribution in [-0.2, 0) is 20.1 Å². The van der Waals surface area contributed by atoms with E-state index >= 15 is 0 Å². The molecule has 1 heterocycles. The number of nitrogens with zero attached hydrogens (tertiary/aromatic N) is 1. The number of ether oxygens (including phenoxy) is 1. The largest absolute Gasteiger partial charge is 0.480 e. The fourth-order valence-electron chi connectivity index (χ4n) is 1.49. The average molecular weight is 312 g/mol. The zero-order valence-corrected chi connectivity index (χ0v) is 12.3. The molecule has 114 valence electrons. The van der Waals surface area contributed by atoms with Gasteiger partial charge in [-0.15, -0.1) is 0 Å². The molecule has 0 aliphatic heterocycles. The Balaban J connectivity index is 2.37. The van der Waals surface area contributed by atoms with Gasteiger partial charge >= 0.3 is 11.9 Å². The van der Waals surface area contributed by atoms with Crippen molar-refractivity contribution in [2.45, 2.75) is 18.2 Å². The molecule has 0 radical (unpaired) electrons. The molecule has 0 aliphatic rings. The summed E-state index contributed by atoms with van der Waals surface area (Å²) in [6.45, 7) is 0. The third-order valence-electron chi connectivity index (χ3n) is 2.61. The number of aromatic nitrogens is 1. The summed E-state index contributed by atoms with van der Waals surface area (Å²) in [5.74, 6) is -0.332. The summed E-state index contributed by atoms with van der Waals surface area (Å²) in [6.07, 6.45) is 2.16. The molecule has 0 spiro atoms. The molecule has 0 saturated carbocycles. The highest BCUT2D eigenvalue weighted by Gasteiger charge is 2.15. The van der Waals surface area contributed by atoms with Gasteiger partial charge in [0.15, 0.2) is 0 Å². The summed E-state index contributed by atoms with van der Waals surface area (Å²) in [7, 11) is 1.30. The number of hydrogen-bond donors (Lipinski definition) is 2. The van der Waals surface area contributed by atoms with Crippen LogP contribution in [0.5, 0.6) is 0 Å². The number of nitrogens with one attached hydrogen (secondary N) is 1. The average Bonchev–Trinajstić information content (AvgIpc) is 2.50. The monoisotopic (exact) mass is 312 g/mol. The quantitative estimate of drug-likeness (QED) is 0.392. The number of esters is 1. The van der Waals surface area contributed by atoms with Crippen molar-refractivity contribution >= 4 is 30.1 Å². The first-order chi connectivity index (χ1) is 10.1. The van der Waals surface area contributed by atoms with Gasteiger partial charge < -0.3 is 15.2 Å². The third-order valence-corrected chi connectivity index (χ3v) is 3.64. The van der Waals surface area contributed by atoms with E-state index in [-0.39, 0.29) is 0 Å². The first-order valence-electron chi connectivity index (χ1n) is 6.12. The number of carbonyl (C=O) groups is 3. The Bertz CT molecular complexity index is 492. The highest BCUT2D eigenvalue weighted by atomic mass is 32.2. The summed E-state index contributed by atoms with van der Waals surface area (Å²) in [5.41, 5.74) is 1.16. The molecule has 7 nitrogen and oxygen atoms in total. The normalized spacial score (nSPS) is 11.5. The van der Waals surface area contributed by atoms with Gasteiger partial charge in [-0.05, 0) is 24.3 Å². The highest BCUT2D eigenvalue weighted by Crippen LogP contribution is 2.13. The summed E-state index contributed by atoms with van der Waals surface area (Å²) >= 11 is 1.50. The van der Waals surface area contributed by atoms with Crippen LogP contribution >= 0.6 is 11.8 Å². The molecule has 1 aromatic rings. The van der Waals surface area contributed by atoms with Gasteiger partial charge in [-0.3, -0.25) is 9.78 Å². The summed E-state index contributed by atoms with van der Waals surface area (Å²) in [5, 5.41) is 11.1. The Kier molecular flexibility index (Phi) is 7.24. The van der Waals surface area contributed by atoms with Crippen LogP contribution in [0.25, 0.3) is 0 Å². The number of pyridine rings is 1. The van der Waals surface area contributed by atoms with Gasteiger partial charge in [-0.2, -0.15) is 11.8 Å². The van der Waals surface area contributed by atoms with Gasteiger partial charge in [-0.1, -0.05) is 0 Å². The smallest absolute Gasteiger partial charge is 0.339 e. The van der Waals surface area contributed by atoms with Crippen LogP contribution < -0.4 is 5.32 Å². The molecule has 2 N–H and O–H groups in total. The predicted octanol–water partition coefficient (Wildman–Crippen LogP) is 0.691. The van der Waals surface area contributed by atoms with Crippen LogP contribution in [0.15, 0.2) is 18.3 Å². The van der Waals surface area contributed by atoms with Crippen molar-refractivity contribution in [1.29, 1.82) is 0 Å². The van der Waals surface area contributed by atoms with Gasteiger partial charge in [-0.25, -0.2) is 9.59 Å². The first-order valence-corrected chi connectivity index (χ1v) is 7.27. The second-order valence-corrected chi connectivity index (χ2v) is 5.15. The lowest BCUT2D eigenvalue weighted by molar-refractivity contribution is -0.140. The van der Waals surface area contributed by atoms with Crippen molar-refractivity contribution in [3.05, 3.63) is 29.6 Å². The highest BCUT2D eigenvalue weighted by molar-refractivity contribution is 7.98. The minimum Gasteiger partial charge on any atom is -0.480 e. The van der Waals surface area contributed by atoms with Crippen LogP contribution in [0.4, 0.5) is 0 Å². The maximum absolute atomic E-state index is 11.2. The van der Waals surface area contributed by atoms with Gasteiger partial charge in [0.2, 0.25) is 6.41 Å². The number of carbonyl (C=O) groups excluding carboxylic acids is 2. The van der Waals surface area contributed by atoms with Crippen molar-refractivity contribution in [1.82, 2.24) is 10.3 Å². The number of hydrogen-bond acceptors (Lipinski definition) is 6. The van der Waals surface area contributed by atoms with E-state index in [0.717, 1.165) is 5.69 Å². The van der Waals surface area contributed by atoms with Crippen molar-refractivity contribution < 1.29 is 24.2 Å². The summed E-state index contributed by atoms with van der Waals surface area (Å²) < 4.78 is 4.57. The van der Waals surface area contributed by atoms with E-state index in [1.807, 2.05) is 0 Å². The summed E-state index contributed by atoms with van der Waals surface area (Å²) in [6, 6.07) is 2.48. The lowest BCUT2D eigenvalue weighted by Gasteiger charge is -2.10. The van der Waals surface area contributed by atoms with Gasteiger partial charge in [0.05, 0.1) is 18.4 Å².